The summed E-state index contributed by atoms with van der Waals surface area (Å²) >= 11 is 0. The van der Waals surface area contributed by atoms with Crippen molar-refractivity contribution < 1.29 is 17.9 Å². The van der Waals surface area contributed by atoms with E-state index in [1.54, 1.807) is 37.4 Å². The van der Waals surface area contributed by atoms with Gasteiger partial charge in [-0.05, 0) is 62.2 Å². The molecule has 0 amide bonds. The number of likely N-dealkylation sites (N-methyl/N-ethyl adjacent to an activating group) is 1. The Labute approximate surface area is 263 Å². The molecule has 2 unspecified atom stereocenters. The van der Waals surface area contributed by atoms with E-state index in [9.17, 15) is 13.2 Å². The van der Waals surface area contributed by atoms with Crippen LogP contribution in [-0.4, -0.2) is 68.9 Å². The van der Waals surface area contributed by atoms with Crippen LogP contribution in [0.2, 0.25) is 0 Å². The summed E-state index contributed by atoms with van der Waals surface area (Å²) in [5.74, 6) is -0.315. The molecule has 4 rings (SSSR count). The van der Waals surface area contributed by atoms with Gasteiger partial charge in [-0.3, -0.25) is 5.32 Å². The van der Waals surface area contributed by atoms with Crippen molar-refractivity contribution >= 4 is 28.4 Å². The van der Waals surface area contributed by atoms with Crippen LogP contribution in [0.5, 0.6) is 0 Å². The van der Waals surface area contributed by atoms with E-state index in [2.05, 4.69) is 35.9 Å². The monoisotopic (exact) mass is 625 g/mol. The zero-order chi connectivity index (χ0) is 30.0. The number of hydrogen-bond acceptors (Lipinski definition) is 6. The van der Waals surface area contributed by atoms with Gasteiger partial charge in [0.25, 0.3) is 0 Å². The van der Waals surface area contributed by atoms with Crippen LogP contribution in [0.15, 0.2) is 109 Å². The molecule has 0 aliphatic carbocycles. The molecule has 9 heteroatoms. The minimum atomic E-state index is -3.61. The van der Waals surface area contributed by atoms with Gasteiger partial charge in [0.2, 0.25) is 10.0 Å². The number of nitrogens with zero attached hydrogens (tertiary/aromatic N) is 2. The second-order valence-corrected chi connectivity index (χ2v) is 13.4. The van der Waals surface area contributed by atoms with Crippen LogP contribution in [0.25, 0.3) is 0 Å². The topological polar surface area (TPSA) is 79.0 Å². The molecule has 0 saturated carbocycles. The van der Waals surface area contributed by atoms with Gasteiger partial charge in [0.05, 0.1) is 4.90 Å². The van der Waals surface area contributed by atoms with Crippen molar-refractivity contribution in [3.63, 3.8) is 0 Å². The maximum Gasteiger partial charge on any atom is 0.327 e. The van der Waals surface area contributed by atoms with Gasteiger partial charge in [0, 0.05) is 25.0 Å². The molecule has 1 heterocycles. The van der Waals surface area contributed by atoms with Gasteiger partial charge < -0.3 is 9.64 Å². The maximum atomic E-state index is 13.3. The molecule has 232 valence electrons. The summed E-state index contributed by atoms with van der Waals surface area (Å²) in [5, 5.41) is 3.43. The van der Waals surface area contributed by atoms with Crippen LogP contribution in [-0.2, 0) is 31.6 Å². The Kier molecular flexibility index (Phi) is 13.0. The summed E-state index contributed by atoms with van der Waals surface area (Å²) < 4.78 is 33.7. The van der Waals surface area contributed by atoms with Gasteiger partial charge in [-0.1, -0.05) is 91.9 Å². The molecule has 7 nitrogen and oxygen atoms in total. The molecule has 0 radical (unpaired) electrons. The van der Waals surface area contributed by atoms with Gasteiger partial charge in [-0.25, -0.2) is 17.5 Å². The van der Waals surface area contributed by atoms with Crippen LogP contribution in [0.1, 0.15) is 37.3 Å². The highest BCUT2D eigenvalue weighted by Crippen LogP contribution is 2.31. The van der Waals surface area contributed by atoms with Crippen LogP contribution in [0.3, 0.4) is 0 Å². The predicted molar refractivity (Wildman–Crippen MR) is 175 cm³/mol. The first-order valence-corrected chi connectivity index (χ1v) is 16.0. The number of carbonyl (C=O) groups is 1. The van der Waals surface area contributed by atoms with Crippen molar-refractivity contribution in [2.24, 2.45) is 0 Å². The third-order valence-electron chi connectivity index (χ3n) is 8.19. The highest BCUT2D eigenvalue weighted by molar-refractivity contribution is 7.89. The largest absolute Gasteiger partial charge is 0.459 e. The van der Waals surface area contributed by atoms with Gasteiger partial charge in [-0.15, -0.1) is 19.0 Å². The summed E-state index contributed by atoms with van der Waals surface area (Å²) in [6.45, 7) is 9.25. The molecule has 1 saturated heterocycles. The number of sulfonamides is 1. The van der Waals surface area contributed by atoms with E-state index >= 15 is 0 Å². The van der Waals surface area contributed by atoms with Crippen molar-refractivity contribution in [1.82, 2.24) is 14.5 Å². The van der Waals surface area contributed by atoms with E-state index in [-0.39, 0.29) is 36.4 Å². The quantitative estimate of drug-likeness (QED) is 0.190. The van der Waals surface area contributed by atoms with Gasteiger partial charge >= 0.3 is 5.97 Å². The lowest BCUT2D eigenvalue weighted by molar-refractivity contribution is -0.146. The number of carbonyl (C=O) groups excluding carboxylic acids is 1. The van der Waals surface area contributed by atoms with E-state index in [1.165, 1.54) is 4.31 Å². The summed E-state index contributed by atoms with van der Waals surface area (Å²) in [4.78, 5) is 15.4. The number of rotatable bonds is 14. The molecule has 1 N–H and O–H groups in total. The number of halogens is 1. The van der Waals surface area contributed by atoms with Gasteiger partial charge in [-0.2, -0.15) is 0 Å². The predicted octanol–water partition coefficient (Wildman–Crippen LogP) is 5.43. The second kappa shape index (κ2) is 16.2. The van der Waals surface area contributed by atoms with Crippen molar-refractivity contribution in [3.8, 4) is 0 Å². The zero-order valence-electron chi connectivity index (χ0n) is 25.1. The number of esters is 1. The molecule has 3 aromatic rings. The number of ether oxygens (including phenoxy) is 1. The van der Waals surface area contributed by atoms with Gasteiger partial charge in [0.1, 0.15) is 12.6 Å². The fraction of sp³-hybridized carbons (Fsp3) is 0.382. The first kappa shape index (κ1) is 34.5. The lowest BCUT2D eigenvalue weighted by Gasteiger charge is -2.38. The van der Waals surface area contributed by atoms with Crippen LogP contribution < -0.4 is 5.32 Å². The minimum absolute atomic E-state index is 0. The minimum Gasteiger partial charge on any atom is -0.459 e. The van der Waals surface area contributed by atoms with Crippen molar-refractivity contribution in [2.45, 2.75) is 55.2 Å². The van der Waals surface area contributed by atoms with Crippen LogP contribution in [0, 0.1) is 0 Å². The average Bonchev–Trinajstić information content (AvgIpc) is 3.03. The van der Waals surface area contributed by atoms with Crippen LogP contribution >= 0.6 is 12.4 Å². The Bertz CT molecular complexity index is 1380. The molecular formula is C34H44ClN3O4S. The van der Waals surface area contributed by atoms with E-state index < -0.39 is 16.1 Å². The highest BCUT2D eigenvalue weighted by atomic mass is 35.5. The molecule has 0 bridgehead atoms. The highest BCUT2D eigenvalue weighted by Gasteiger charge is 2.34. The van der Waals surface area contributed by atoms with Crippen molar-refractivity contribution in [1.29, 1.82) is 0 Å². The Morgan fingerprint density at radius 2 is 1.58 bits per heavy atom. The maximum absolute atomic E-state index is 13.3. The fourth-order valence-corrected chi connectivity index (χ4v) is 6.85. The molecular weight excluding hydrogens is 582 g/mol. The number of benzene rings is 3. The third kappa shape index (κ3) is 9.49. The zero-order valence-corrected chi connectivity index (χ0v) is 26.7. The molecule has 43 heavy (non-hydrogen) atoms. The second-order valence-electron chi connectivity index (χ2n) is 11.3. The Morgan fingerprint density at radius 3 is 2.16 bits per heavy atom. The normalized spacial score (nSPS) is 16.5. The third-order valence-corrected chi connectivity index (χ3v) is 10.0. The number of piperidine rings is 1. The van der Waals surface area contributed by atoms with E-state index in [0.29, 0.717) is 11.4 Å². The van der Waals surface area contributed by atoms with E-state index in [0.717, 1.165) is 50.0 Å². The first-order chi connectivity index (χ1) is 20.2. The number of hydrogen-bond donors (Lipinski definition) is 1. The molecule has 1 aliphatic heterocycles. The standard InChI is InChI=1S/C34H43N3O4S.ClH/c1-4-32(33(38)41-26-28-14-8-5-9-15-28)35-30-20-23-37(24-21-30)25-22-34(2,29-16-10-6-11-17-29)27-36(3)42(39,40)31-18-12-7-13-19-31;/h4-19,30,32,35H,1,20-27H2,2-3H3;1H. The molecule has 1 fully saturated rings. The van der Waals surface area contributed by atoms with Crippen LogP contribution in [0.4, 0.5) is 0 Å². The van der Waals surface area contributed by atoms with Crippen molar-refractivity contribution in [2.75, 3.05) is 33.2 Å². The lowest BCUT2D eigenvalue weighted by atomic mass is 9.79. The average molecular weight is 626 g/mol. The van der Waals surface area contributed by atoms with E-state index in [1.807, 2.05) is 54.6 Å². The number of likely N-dealkylation sites (tertiary alicyclic amines) is 1. The summed E-state index contributed by atoms with van der Waals surface area (Å²) in [6, 6.07) is 28.1. The lowest BCUT2D eigenvalue weighted by Crippen LogP contribution is -2.49. The summed E-state index contributed by atoms with van der Waals surface area (Å²) in [5.41, 5.74) is 1.71. The fourth-order valence-electron chi connectivity index (χ4n) is 5.54. The Morgan fingerprint density at radius 1 is 1.02 bits per heavy atom. The molecule has 0 aromatic heterocycles. The smallest absolute Gasteiger partial charge is 0.327 e. The SMILES string of the molecule is C=CC(NC1CCN(CCC(C)(CN(C)S(=O)(=O)c2ccccc2)c2ccccc2)CC1)C(=O)OCc1ccccc1.Cl. The van der Waals surface area contributed by atoms with E-state index in [4.69, 9.17) is 4.74 Å². The van der Waals surface area contributed by atoms with Gasteiger partial charge in [0.15, 0.2) is 0 Å². The number of nitrogens with one attached hydrogen (secondary N) is 1. The summed E-state index contributed by atoms with van der Waals surface area (Å²) in [6.07, 6.45) is 4.23. The molecule has 0 spiro atoms. The Balaban J connectivity index is 0.00000506. The molecule has 2 atom stereocenters. The van der Waals surface area contributed by atoms with Crippen molar-refractivity contribution in [3.05, 3.63) is 115 Å². The Hall–Kier alpha value is -3.01. The molecule has 3 aromatic carbocycles. The molecule has 1 aliphatic rings. The summed E-state index contributed by atoms with van der Waals surface area (Å²) in [7, 11) is -1.94. The first-order valence-electron chi connectivity index (χ1n) is 14.6.